The molecule has 1 aliphatic rings. The molecular formula is C25H30ClN3O3. The van der Waals surface area contributed by atoms with Gasteiger partial charge in [-0.25, -0.2) is 4.79 Å². The number of piperidine rings is 1. The molecule has 4 rings (SSSR count). The van der Waals surface area contributed by atoms with E-state index in [-0.39, 0.29) is 12.3 Å². The van der Waals surface area contributed by atoms with Gasteiger partial charge in [-0.2, -0.15) is 0 Å². The minimum Gasteiger partial charge on any atom is -0.408 e. The Hall–Kier alpha value is -2.73. The molecule has 1 amide bonds. The lowest BCUT2D eigenvalue weighted by atomic mass is 9.85. The topological polar surface area (TPSA) is 67.5 Å². The Balaban J connectivity index is 1.41. The number of carbonyl (C=O) groups excluding carboxylic acids is 1. The molecule has 0 spiro atoms. The van der Waals surface area contributed by atoms with Gasteiger partial charge in [-0.3, -0.25) is 9.36 Å². The van der Waals surface area contributed by atoms with Crippen LogP contribution in [0.5, 0.6) is 0 Å². The van der Waals surface area contributed by atoms with Crippen LogP contribution in [0.25, 0.3) is 11.1 Å². The minimum absolute atomic E-state index is 0.0760. The van der Waals surface area contributed by atoms with Crippen molar-refractivity contribution in [2.24, 2.45) is 11.8 Å². The van der Waals surface area contributed by atoms with Gasteiger partial charge in [-0.05, 0) is 48.9 Å². The second kappa shape index (κ2) is 9.82. The molecule has 1 fully saturated rings. The molecule has 2 aromatic carbocycles. The number of hydrogen-bond donors (Lipinski definition) is 1. The fourth-order valence-electron chi connectivity index (χ4n) is 4.66. The Morgan fingerprint density at radius 3 is 2.75 bits per heavy atom. The Morgan fingerprint density at radius 2 is 2.00 bits per heavy atom. The van der Waals surface area contributed by atoms with Crippen LogP contribution >= 0.6 is 11.6 Å². The van der Waals surface area contributed by atoms with E-state index in [9.17, 15) is 9.59 Å². The van der Waals surface area contributed by atoms with E-state index in [0.29, 0.717) is 47.1 Å². The predicted octanol–water partition coefficient (Wildman–Crippen LogP) is 5.01. The van der Waals surface area contributed by atoms with E-state index in [1.165, 1.54) is 4.57 Å². The Bertz CT molecular complexity index is 1120. The molecule has 1 aliphatic heterocycles. The monoisotopic (exact) mass is 455 g/mol. The van der Waals surface area contributed by atoms with Crippen LogP contribution in [0.1, 0.15) is 33.1 Å². The number of halogens is 1. The zero-order valence-corrected chi connectivity index (χ0v) is 19.3. The van der Waals surface area contributed by atoms with Crippen molar-refractivity contribution in [2.75, 3.05) is 18.4 Å². The Labute approximate surface area is 193 Å². The SMILES string of the molecule is CC(C)C[C@H]1CN(C(=O)CCn2c(=O)oc3cc(Cl)ccc32)CC[C@H]1Nc1ccccc1. The molecule has 1 saturated heterocycles. The predicted molar refractivity (Wildman–Crippen MR) is 128 cm³/mol. The number of hydrogen-bond acceptors (Lipinski definition) is 4. The van der Waals surface area contributed by atoms with Gasteiger partial charge in [0, 0.05) is 48.9 Å². The number of anilines is 1. The van der Waals surface area contributed by atoms with Crippen molar-refractivity contribution in [3.63, 3.8) is 0 Å². The molecule has 1 N–H and O–H groups in total. The molecule has 1 aromatic heterocycles. The highest BCUT2D eigenvalue weighted by Crippen LogP contribution is 2.27. The summed E-state index contributed by atoms with van der Waals surface area (Å²) in [6, 6.07) is 15.7. The van der Waals surface area contributed by atoms with Gasteiger partial charge in [0.25, 0.3) is 0 Å². The fraction of sp³-hybridized carbons (Fsp3) is 0.440. The number of amides is 1. The molecule has 0 unspecified atom stereocenters. The molecule has 32 heavy (non-hydrogen) atoms. The normalized spacial score (nSPS) is 18.9. The number of benzene rings is 2. The minimum atomic E-state index is -0.460. The summed E-state index contributed by atoms with van der Waals surface area (Å²) >= 11 is 5.98. The third-order valence-electron chi connectivity index (χ3n) is 6.17. The van der Waals surface area contributed by atoms with Crippen molar-refractivity contribution >= 4 is 34.3 Å². The van der Waals surface area contributed by atoms with Gasteiger partial charge in [0.15, 0.2) is 5.58 Å². The number of para-hydroxylation sites is 1. The average molecular weight is 456 g/mol. The number of nitrogens with zero attached hydrogens (tertiary/aromatic N) is 2. The first-order valence-electron chi connectivity index (χ1n) is 11.3. The Kier molecular flexibility index (Phi) is 6.89. The number of likely N-dealkylation sites (tertiary alicyclic amines) is 1. The van der Waals surface area contributed by atoms with Crippen LogP contribution in [-0.2, 0) is 11.3 Å². The summed E-state index contributed by atoms with van der Waals surface area (Å²) in [6.07, 6.45) is 2.23. The summed E-state index contributed by atoms with van der Waals surface area (Å²) in [6.45, 7) is 6.20. The molecule has 0 aliphatic carbocycles. The number of rotatable bonds is 7. The van der Waals surface area contributed by atoms with Gasteiger partial charge < -0.3 is 14.6 Å². The van der Waals surface area contributed by atoms with Crippen molar-refractivity contribution in [1.82, 2.24) is 9.47 Å². The number of fused-ring (bicyclic) bond motifs is 1. The highest BCUT2D eigenvalue weighted by atomic mass is 35.5. The van der Waals surface area contributed by atoms with Crippen LogP contribution in [-0.4, -0.2) is 34.5 Å². The first-order valence-corrected chi connectivity index (χ1v) is 11.7. The van der Waals surface area contributed by atoms with E-state index < -0.39 is 5.76 Å². The highest BCUT2D eigenvalue weighted by molar-refractivity contribution is 6.31. The van der Waals surface area contributed by atoms with E-state index in [4.69, 9.17) is 16.0 Å². The van der Waals surface area contributed by atoms with Gasteiger partial charge in [0.05, 0.1) is 5.52 Å². The van der Waals surface area contributed by atoms with Crippen molar-refractivity contribution in [3.05, 3.63) is 64.1 Å². The number of oxazole rings is 1. The molecule has 7 heteroatoms. The number of aromatic nitrogens is 1. The van der Waals surface area contributed by atoms with Crippen LogP contribution in [0.15, 0.2) is 57.7 Å². The van der Waals surface area contributed by atoms with Crippen LogP contribution in [0, 0.1) is 11.8 Å². The molecule has 3 aromatic rings. The average Bonchev–Trinajstić information content (AvgIpc) is 3.07. The van der Waals surface area contributed by atoms with Crippen LogP contribution in [0.2, 0.25) is 5.02 Å². The van der Waals surface area contributed by atoms with E-state index in [0.717, 1.165) is 25.1 Å². The van der Waals surface area contributed by atoms with Gasteiger partial charge in [0.2, 0.25) is 5.91 Å². The van der Waals surface area contributed by atoms with Gasteiger partial charge in [-0.1, -0.05) is 43.6 Å². The number of nitrogens with one attached hydrogen (secondary N) is 1. The van der Waals surface area contributed by atoms with Crippen LogP contribution in [0.4, 0.5) is 5.69 Å². The van der Waals surface area contributed by atoms with Gasteiger partial charge >= 0.3 is 5.76 Å². The zero-order valence-electron chi connectivity index (χ0n) is 18.6. The summed E-state index contributed by atoms with van der Waals surface area (Å²) < 4.78 is 6.79. The summed E-state index contributed by atoms with van der Waals surface area (Å²) in [5, 5.41) is 4.19. The molecular weight excluding hydrogens is 426 g/mol. The fourth-order valence-corrected chi connectivity index (χ4v) is 4.82. The van der Waals surface area contributed by atoms with Crippen molar-refractivity contribution in [2.45, 2.75) is 45.7 Å². The first-order chi connectivity index (χ1) is 15.4. The number of aryl methyl sites for hydroxylation is 1. The van der Waals surface area contributed by atoms with Gasteiger partial charge in [0.1, 0.15) is 0 Å². The number of carbonyl (C=O) groups is 1. The largest absolute Gasteiger partial charge is 0.419 e. The van der Waals surface area contributed by atoms with E-state index in [1.54, 1.807) is 18.2 Å². The van der Waals surface area contributed by atoms with Gasteiger partial charge in [-0.15, -0.1) is 0 Å². The zero-order chi connectivity index (χ0) is 22.7. The molecule has 0 saturated carbocycles. The van der Waals surface area contributed by atoms with E-state index >= 15 is 0 Å². The second-order valence-electron chi connectivity index (χ2n) is 9.02. The maximum atomic E-state index is 13.0. The molecule has 170 valence electrons. The first kappa shape index (κ1) is 22.5. The molecule has 0 bridgehead atoms. The standard InChI is InChI=1S/C25H30ClN3O3/c1-17(2)14-18-16-28(12-10-21(18)27-20-6-4-3-5-7-20)24(30)11-13-29-22-9-8-19(26)15-23(22)32-25(29)31/h3-9,15,17-18,21,27H,10-14,16H2,1-2H3/t18-,21+/m0/s1. The van der Waals surface area contributed by atoms with Crippen LogP contribution in [0.3, 0.4) is 0 Å². The smallest absolute Gasteiger partial charge is 0.408 e. The molecule has 2 atom stereocenters. The lowest BCUT2D eigenvalue weighted by molar-refractivity contribution is -0.133. The van der Waals surface area contributed by atoms with Crippen molar-refractivity contribution in [3.8, 4) is 0 Å². The third-order valence-corrected chi connectivity index (χ3v) is 6.40. The maximum Gasteiger partial charge on any atom is 0.419 e. The summed E-state index contributed by atoms with van der Waals surface area (Å²) in [5.74, 6) is 0.552. The lowest BCUT2D eigenvalue weighted by Crippen LogP contribution is -2.49. The van der Waals surface area contributed by atoms with E-state index in [1.807, 2.05) is 23.1 Å². The third kappa shape index (κ3) is 5.18. The molecule has 6 nitrogen and oxygen atoms in total. The summed E-state index contributed by atoms with van der Waals surface area (Å²) in [7, 11) is 0. The molecule has 2 heterocycles. The van der Waals surface area contributed by atoms with Crippen molar-refractivity contribution in [1.29, 1.82) is 0 Å². The highest BCUT2D eigenvalue weighted by Gasteiger charge is 2.31. The summed E-state index contributed by atoms with van der Waals surface area (Å²) in [4.78, 5) is 27.2. The van der Waals surface area contributed by atoms with Crippen LogP contribution < -0.4 is 11.1 Å². The van der Waals surface area contributed by atoms with E-state index in [2.05, 4.69) is 31.3 Å². The second-order valence-corrected chi connectivity index (χ2v) is 9.45. The molecule has 0 radical (unpaired) electrons. The lowest BCUT2D eigenvalue weighted by Gasteiger charge is -2.40. The summed E-state index contributed by atoms with van der Waals surface area (Å²) in [5.41, 5.74) is 2.23. The van der Waals surface area contributed by atoms with Crippen molar-refractivity contribution < 1.29 is 9.21 Å². The maximum absolute atomic E-state index is 13.0. The Morgan fingerprint density at radius 1 is 1.22 bits per heavy atom. The quantitative estimate of drug-likeness (QED) is 0.543.